The molecule has 252 valence electrons. The molecule has 12 heteroatoms. The van der Waals surface area contributed by atoms with Gasteiger partial charge in [0.25, 0.3) is 0 Å². The molecule has 2 aliphatic rings. The van der Waals surface area contributed by atoms with Crippen LogP contribution < -0.4 is 10.1 Å². The zero-order valence-electron chi connectivity index (χ0n) is 26.9. The highest BCUT2D eigenvalue weighted by Crippen LogP contribution is 2.48. The molecule has 1 aliphatic heterocycles. The molecule has 0 spiro atoms. The number of aromatic hydroxyl groups is 2. The predicted octanol–water partition coefficient (Wildman–Crippen LogP) is 6.98. The smallest absolute Gasteiger partial charge is 0.339 e. The van der Waals surface area contributed by atoms with Crippen molar-refractivity contribution in [2.75, 3.05) is 20.0 Å². The number of ether oxygens (including phenoxy) is 2. The number of amides is 1. The van der Waals surface area contributed by atoms with Crippen LogP contribution in [0.4, 0.5) is 0 Å². The van der Waals surface area contributed by atoms with E-state index in [0.717, 1.165) is 66.3 Å². The molecule has 4 atom stereocenters. The number of hydrogen-bond acceptors (Lipinski definition) is 11. The standard InChI is InChI=1S/C35H41NO8S3/c1-20(2)9-16-28(24-19-27(39)30-25(37)14-15-26(38)31(30)32(24)41)47-33(34(42)44-4)36-29(40)8-6-5-7-23-17-18-45-35(46-23)21-10-12-22(43-3)13-11-21/h9-15,19,23,28,33,35,37-38H,5-8,16-18H2,1-4H3,(H,36,40)/t23?,28-,33?,35?/m1/s1. The van der Waals surface area contributed by atoms with Crippen molar-refractivity contribution in [2.45, 2.75) is 72.8 Å². The van der Waals surface area contributed by atoms with Gasteiger partial charge in [0.05, 0.1) is 29.9 Å². The third-order valence-electron chi connectivity index (χ3n) is 7.87. The van der Waals surface area contributed by atoms with Crippen LogP contribution in [0.1, 0.15) is 83.2 Å². The summed E-state index contributed by atoms with van der Waals surface area (Å²) in [6.07, 6.45) is 7.11. The molecule has 4 rings (SSSR count). The van der Waals surface area contributed by atoms with Crippen molar-refractivity contribution in [3.63, 3.8) is 0 Å². The minimum absolute atomic E-state index is 0.0603. The molecule has 3 N–H and O–H groups in total. The average Bonchev–Trinajstić information content (AvgIpc) is 3.07. The van der Waals surface area contributed by atoms with E-state index >= 15 is 0 Å². The lowest BCUT2D eigenvalue weighted by Gasteiger charge is -2.29. The summed E-state index contributed by atoms with van der Waals surface area (Å²) in [6, 6.07) is 10.5. The average molecular weight is 700 g/mol. The number of fused-ring (bicyclic) bond motifs is 1. The monoisotopic (exact) mass is 699 g/mol. The van der Waals surface area contributed by atoms with Crippen LogP contribution in [0.5, 0.6) is 17.2 Å². The summed E-state index contributed by atoms with van der Waals surface area (Å²) in [7, 11) is 2.88. The normalized spacial score (nSPS) is 18.8. The molecule has 47 heavy (non-hydrogen) atoms. The van der Waals surface area contributed by atoms with Gasteiger partial charge in [0.15, 0.2) is 16.9 Å². The van der Waals surface area contributed by atoms with Gasteiger partial charge in [-0.2, -0.15) is 0 Å². The van der Waals surface area contributed by atoms with Gasteiger partial charge in [0.1, 0.15) is 17.2 Å². The fraction of sp³-hybridized carbons (Fsp3) is 0.429. The maximum Gasteiger partial charge on any atom is 0.339 e. The van der Waals surface area contributed by atoms with Crippen LogP contribution in [0.15, 0.2) is 59.7 Å². The highest BCUT2D eigenvalue weighted by atomic mass is 32.2. The number of esters is 1. The lowest BCUT2D eigenvalue weighted by atomic mass is 9.86. The highest BCUT2D eigenvalue weighted by Gasteiger charge is 2.37. The number of carbonyl (C=O) groups excluding carboxylic acids is 4. The molecule has 2 aromatic rings. The van der Waals surface area contributed by atoms with Gasteiger partial charge in [-0.15, -0.1) is 35.3 Å². The van der Waals surface area contributed by atoms with E-state index in [1.54, 1.807) is 7.11 Å². The van der Waals surface area contributed by atoms with Crippen molar-refractivity contribution in [3.05, 3.63) is 76.4 Å². The number of unbranched alkanes of at least 4 members (excludes halogenated alkanes) is 1. The van der Waals surface area contributed by atoms with Crippen LogP contribution in [0, 0.1) is 0 Å². The topological polar surface area (TPSA) is 139 Å². The van der Waals surface area contributed by atoms with Gasteiger partial charge in [0.2, 0.25) is 5.91 Å². The predicted molar refractivity (Wildman–Crippen MR) is 189 cm³/mol. The van der Waals surface area contributed by atoms with Crippen LogP contribution in [0.3, 0.4) is 0 Å². The van der Waals surface area contributed by atoms with E-state index in [2.05, 4.69) is 17.4 Å². The Balaban J connectivity index is 1.37. The van der Waals surface area contributed by atoms with Crippen molar-refractivity contribution in [3.8, 4) is 17.2 Å². The minimum atomic E-state index is -1.14. The first-order chi connectivity index (χ1) is 22.5. The quantitative estimate of drug-likeness (QED) is 0.0619. The maximum absolute atomic E-state index is 13.6. The van der Waals surface area contributed by atoms with Crippen molar-refractivity contribution in [2.24, 2.45) is 0 Å². The molecule has 0 radical (unpaired) electrons. The third-order valence-corrected chi connectivity index (χ3v) is 12.4. The second kappa shape index (κ2) is 17.2. The summed E-state index contributed by atoms with van der Waals surface area (Å²) < 4.78 is 10.6. The van der Waals surface area contributed by atoms with Crippen LogP contribution >= 0.6 is 35.3 Å². The first kappa shape index (κ1) is 36.5. The van der Waals surface area contributed by atoms with Gasteiger partial charge < -0.3 is 25.0 Å². The molecule has 0 saturated carbocycles. The SMILES string of the molecule is COC(=O)C(NC(=O)CCCCC1CCSC(c2ccc(OC)cc2)S1)S[C@H](CC=C(C)C)C1=CC(=O)c2c(O)ccc(O)c2C1=O. The van der Waals surface area contributed by atoms with E-state index in [4.69, 9.17) is 9.47 Å². The molecule has 2 aromatic carbocycles. The van der Waals surface area contributed by atoms with Crippen molar-refractivity contribution < 1.29 is 38.9 Å². The van der Waals surface area contributed by atoms with Crippen molar-refractivity contribution in [1.82, 2.24) is 5.32 Å². The largest absolute Gasteiger partial charge is 0.507 e. The molecule has 0 aromatic heterocycles. The van der Waals surface area contributed by atoms with Crippen LogP contribution in [0.25, 0.3) is 0 Å². The summed E-state index contributed by atoms with van der Waals surface area (Å²) in [4.78, 5) is 52.4. The Labute approximate surface area is 288 Å². The number of benzene rings is 2. The van der Waals surface area contributed by atoms with E-state index in [-0.39, 0.29) is 35.4 Å². The van der Waals surface area contributed by atoms with Gasteiger partial charge in [0, 0.05) is 22.5 Å². The Morgan fingerprint density at radius 3 is 2.40 bits per heavy atom. The number of phenols is 2. The van der Waals surface area contributed by atoms with E-state index in [1.807, 2.05) is 55.6 Å². The lowest BCUT2D eigenvalue weighted by molar-refractivity contribution is -0.142. The van der Waals surface area contributed by atoms with E-state index < -0.39 is 39.7 Å². The van der Waals surface area contributed by atoms with Gasteiger partial charge in [-0.3, -0.25) is 14.4 Å². The van der Waals surface area contributed by atoms with Crippen LogP contribution in [-0.4, -0.2) is 69.5 Å². The number of allylic oxidation sites excluding steroid dienone is 3. The second-order valence-corrected chi connectivity index (χ2v) is 15.8. The Morgan fingerprint density at radius 1 is 1.04 bits per heavy atom. The molecule has 1 saturated heterocycles. The molecule has 1 amide bonds. The first-order valence-corrected chi connectivity index (χ1v) is 18.4. The van der Waals surface area contributed by atoms with Gasteiger partial charge in [-0.25, -0.2) is 4.79 Å². The van der Waals surface area contributed by atoms with E-state index in [9.17, 15) is 29.4 Å². The van der Waals surface area contributed by atoms with E-state index in [0.29, 0.717) is 16.3 Å². The number of thioether (sulfide) groups is 3. The van der Waals surface area contributed by atoms with E-state index in [1.165, 1.54) is 12.7 Å². The minimum Gasteiger partial charge on any atom is -0.507 e. The lowest BCUT2D eigenvalue weighted by Crippen LogP contribution is -2.41. The molecular weight excluding hydrogens is 659 g/mol. The molecule has 3 unspecified atom stereocenters. The Bertz CT molecular complexity index is 1530. The number of nitrogens with one attached hydrogen (secondary N) is 1. The number of phenolic OH excluding ortho intramolecular Hbond substituents is 2. The van der Waals surface area contributed by atoms with Gasteiger partial charge in [-0.1, -0.05) is 30.2 Å². The summed E-state index contributed by atoms with van der Waals surface area (Å²) >= 11 is 4.92. The van der Waals surface area contributed by atoms with Crippen LogP contribution in [-0.2, 0) is 14.3 Å². The molecule has 9 nitrogen and oxygen atoms in total. The van der Waals surface area contributed by atoms with Crippen molar-refractivity contribution in [1.29, 1.82) is 0 Å². The summed E-state index contributed by atoms with van der Waals surface area (Å²) in [6.45, 7) is 3.76. The van der Waals surface area contributed by atoms with Crippen LogP contribution in [0.2, 0.25) is 0 Å². The number of ketones is 2. The second-order valence-electron chi connectivity index (χ2n) is 11.5. The van der Waals surface area contributed by atoms with Crippen molar-refractivity contribution >= 4 is 58.7 Å². The fourth-order valence-electron chi connectivity index (χ4n) is 5.35. The fourth-order valence-corrected chi connectivity index (χ4v) is 10.0. The Kier molecular flexibility index (Phi) is 13.3. The Morgan fingerprint density at radius 2 is 1.74 bits per heavy atom. The van der Waals surface area contributed by atoms with Gasteiger partial charge in [-0.05, 0) is 81.2 Å². The number of hydrogen-bond donors (Lipinski definition) is 3. The zero-order valence-corrected chi connectivity index (χ0v) is 29.4. The summed E-state index contributed by atoms with van der Waals surface area (Å²) in [5.41, 5.74) is 1.75. The molecule has 1 fully saturated rings. The van der Waals surface area contributed by atoms with Gasteiger partial charge >= 0.3 is 5.97 Å². The number of rotatable bonds is 14. The molecule has 1 heterocycles. The maximum atomic E-state index is 13.6. The third kappa shape index (κ3) is 9.61. The molecule has 1 aliphatic carbocycles. The molecular formula is C35H41NO8S3. The Hall–Kier alpha value is -3.35. The first-order valence-electron chi connectivity index (χ1n) is 15.4. The number of carbonyl (C=O) groups is 4. The zero-order chi connectivity index (χ0) is 34.1. The summed E-state index contributed by atoms with van der Waals surface area (Å²) in [5, 5.41) is 22.0. The summed E-state index contributed by atoms with van der Waals surface area (Å²) in [5.74, 6) is -1.17. The number of Topliss-reactive ketones (excluding diaryl/α,β-unsaturated/α-hetero) is 1. The highest BCUT2D eigenvalue weighted by molar-refractivity contribution is 8.17. The molecule has 0 bridgehead atoms. The number of methoxy groups -OCH3 is 2.